The quantitative estimate of drug-likeness (QED) is 0.605. The molecule has 2 aromatic carbocycles. The van der Waals surface area contributed by atoms with E-state index in [1.54, 1.807) is 0 Å². The van der Waals surface area contributed by atoms with E-state index < -0.39 is 39.1 Å². The summed E-state index contributed by atoms with van der Waals surface area (Å²) in [5.41, 5.74) is -0.838. The van der Waals surface area contributed by atoms with Gasteiger partial charge in [0.15, 0.2) is 11.6 Å². The third-order valence-electron chi connectivity index (χ3n) is 5.69. The zero-order valence-electron chi connectivity index (χ0n) is 17.4. The van der Waals surface area contributed by atoms with E-state index in [0.29, 0.717) is 5.69 Å². The lowest BCUT2D eigenvalue weighted by Crippen LogP contribution is -2.36. The van der Waals surface area contributed by atoms with Crippen molar-refractivity contribution in [2.75, 3.05) is 12.9 Å². The molecular formula is C22H19F3N2O5S. The van der Waals surface area contributed by atoms with Crippen molar-refractivity contribution in [3.05, 3.63) is 71.2 Å². The number of hydrogen-bond acceptors (Lipinski definition) is 6. The molecule has 5 rings (SSSR count). The number of rotatable bonds is 2. The lowest BCUT2D eigenvalue weighted by Gasteiger charge is -2.26. The summed E-state index contributed by atoms with van der Waals surface area (Å²) in [5.74, 6) is -2.51. The molecule has 0 radical (unpaired) electrons. The number of aromatic nitrogens is 1. The van der Waals surface area contributed by atoms with Gasteiger partial charge in [-0.3, -0.25) is 0 Å². The number of benzene rings is 2. The summed E-state index contributed by atoms with van der Waals surface area (Å²) in [6.07, 6.45) is 2.34. The fourth-order valence-electron chi connectivity index (χ4n) is 4.34. The molecule has 174 valence electrons. The molecule has 0 amide bonds. The average molecular weight is 480 g/mol. The summed E-state index contributed by atoms with van der Waals surface area (Å²) >= 11 is 0. The van der Waals surface area contributed by atoms with Crippen molar-refractivity contribution >= 4 is 10.0 Å². The molecule has 1 saturated heterocycles. The van der Waals surface area contributed by atoms with Gasteiger partial charge in [-0.1, -0.05) is 12.1 Å². The zero-order valence-corrected chi connectivity index (χ0v) is 18.2. The van der Waals surface area contributed by atoms with Gasteiger partial charge in [0.25, 0.3) is 0 Å². The Bertz CT molecular complexity index is 1340. The summed E-state index contributed by atoms with van der Waals surface area (Å²) < 4.78 is 87.4. The van der Waals surface area contributed by atoms with E-state index in [4.69, 9.17) is 13.9 Å². The van der Waals surface area contributed by atoms with Crippen molar-refractivity contribution in [2.24, 2.45) is 0 Å². The SMILES string of the molecule is CS(=O)(=O)N[C@H]1CO[C@@]2(Cc3cc(c(F)cc3F)-c3cccc(F)c3OCc3coc2n3)C1. The number of hydrogen-bond donors (Lipinski definition) is 1. The number of halogens is 3. The molecule has 2 aliphatic heterocycles. The molecule has 1 spiro atoms. The van der Waals surface area contributed by atoms with Gasteiger partial charge < -0.3 is 13.9 Å². The molecule has 11 heteroatoms. The number of oxazole rings is 1. The maximum atomic E-state index is 14.9. The van der Waals surface area contributed by atoms with Crippen molar-refractivity contribution in [1.82, 2.24) is 9.71 Å². The minimum Gasteiger partial charge on any atom is -0.483 e. The van der Waals surface area contributed by atoms with Crippen molar-refractivity contribution in [3.63, 3.8) is 0 Å². The fraction of sp³-hybridized carbons (Fsp3) is 0.318. The third kappa shape index (κ3) is 4.11. The van der Waals surface area contributed by atoms with Crippen molar-refractivity contribution < 1.29 is 35.5 Å². The Kier molecular flexibility index (Phi) is 5.22. The first kappa shape index (κ1) is 21.9. The van der Waals surface area contributed by atoms with Gasteiger partial charge in [0.2, 0.25) is 15.9 Å². The van der Waals surface area contributed by atoms with Crippen LogP contribution < -0.4 is 9.46 Å². The van der Waals surface area contributed by atoms with Crippen LogP contribution in [-0.2, 0) is 33.4 Å². The molecule has 2 aliphatic rings. The second-order valence-corrected chi connectivity index (χ2v) is 10.0. The summed E-state index contributed by atoms with van der Waals surface area (Å²) in [4.78, 5) is 4.39. The van der Waals surface area contributed by atoms with Crippen LogP contribution in [0.3, 0.4) is 0 Å². The molecule has 0 aliphatic carbocycles. The topological polar surface area (TPSA) is 90.7 Å². The summed E-state index contributed by atoms with van der Waals surface area (Å²) in [6.45, 7) is -0.167. The molecule has 4 bridgehead atoms. The first-order chi connectivity index (χ1) is 15.6. The minimum absolute atomic E-state index is 0.00496. The van der Waals surface area contributed by atoms with Crippen molar-refractivity contribution in [3.8, 4) is 16.9 Å². The number of ether oxygens (including phenoxy) is 2. The maximum absolute atomic E-state index is 14.9. The first-order valence-corrected chi connectivity index (χ1v) is 12.0. The molecule has 3 aromatic rings. The molecular weight excluding hydrogens is 461 g/mol. The Labute approximate surface area is 187 Å². The number of nitrogens with one attached hydrogen (secondary N) is 1. The Balaban J connectivity index is 1.66. The van der Waals surface area contributed by atoms with Gasteiger partial charge in [-0.2, -0.15) is 0 Å². The first-order valence-electron chi connectivity index (χ1n) is 10.1. The molecule has 2 atom stereocenters. The van der Waals surface area contributed by atoms with Crippen LogP contribution in [0.25, 0.3) is 11.1 Å². The summed E-state index contributed by atoms with van der Waals surface area (Å²) in [5, 5.41) is 0. The molecule has 3 heterocycles. The van der Waals surface area contributed by atoms with E-state index in [0.717, 1.165) is 12.3 Å². The molecule has 7 nitrogen and oxygen atoms in total. The van der Waals surface area contributed by atoms with Gasteiger partial charge in [0.1, 0.15) is 35.8 Å². The lowest BCUT2D eigenvalue weighted by atomic mass is 9.88. The molecule has 1 aromatic heterocycles. The second kappa shape index (κ2) is 7.86. The second-order valence-electron chi connectivity index (χ2n) is 8.25. The van der Waals surface area contributed by atoms with Crippen LogP contribution in [0.1, 0.15) is 23.6 Å². The standard InChI is InChI=1S/C22H19F3N2O5S/c1-33(28,29)27-13-8-22(32-11-13)7-12-5-16(19(25)6-18(12)24)15-3-2-4-17(23)20(15)30-9-14-10-31-21(22)26-14/h2-6,10,13,27H,7-9,11H2,1H3/t13-,22+/m1/s1. The molecule has 33 heavy (non-hydrogen) atoms. The zero-order chi connectivity index (χ0) is 23.4. The van der Waals surface area contributed by atoms with Gasteiger partial charge in [-0.15, -0.1) is 0 Å². The third-order valence-corrected chi connectivity index (χ3v) is 6.45. The van der Waals surface area contributed by atoms with Gasteiger partial charge in [-0.05, 0) is 17.7 Å². The lowest BCUT2D eigenvalue weighted by molar-refractivity contribution is -0.0221. The Morgan fingerprint density at radius 1 is 1.12 bits per heavy atom. The normalized spacial score (nSPS) is 22.4. The molecule has 0 unspecified atom stereocenters. The van der Waals surface area contributed by atoms with E-state index >= 15 is 0 Å². The summed E-state index contributed by atoms with van der Waals surface area (Å²) in [7, 11) is -3.53. The van der Waals surface area contributed by atoms with E-state index in [-0.39, 0.29) is 54.4 Å². The highest BCUT2D eigenvalue weighted by atomic mass is 32.2. The van der Waals surface area contributed by atoms with Crippen LogP contribution in [0.15, 0.2) is 41.0 Å². The predicted molar refractivity (Wildman–Crippen MR) is 110 cm³/mol. The Morgan fingerprint density at radius 3 is 2.73 bits per heavy atom. The van der Waals surface area contributed by atoms with Gasteiger partial charge in [0, 0.05) is 36.1 Å². The monoisotopic (exact) mass is 480 g/mol. The summed E-state index contributed by atoms with van der Waals surface area (Å²) in [6, 6.07) is 5.46. The van der Waals surface area contributed by atoms with E-state index in [2.05, 4.69) is 9.71 Å². The Hall–Kier alpha value is -2.89. The van der Waals surface area contributed by atoms with E-state index in [9.17, 15) is 21.6 Å². The van der Waals surface area contributed by atoms with Gasteiger partial charge >= 0.3 is 0 Å². The van der Waals surface area contributed by atoms with Crippen molar-refractivity contribution in [1.29, 1.82) is 0 Å². The molecule has 0 saturated carbocycles. The molecule has 1 fully saturated rings. The number of sulfonamides is 1. The number of para-hydroxylation sites is 1. The highest BCUT2D eigenvalue weighted by Crippen LogP contribution is 2.42. The fourth-order valence-corrected chi connectivity index (χ4v) is 5.10. The van der Waals surface area contributed by atoms with Gasteiger partial charge in [0.05, 0.1) is 12.9 Å². The predicted octanol–water partition coefficient (Wildman–Crippen LogP) is 3.43. The van der Waals surface area contributed by atoms with E-state index in [1.807, 2.05) is 0 Å². The average Bonchev–Trinajstić information content (AvgIpc) is 3.35. The highest BCUT2D eigenvalue weighted by molar-refractivity contribution is 7.88. The smallest absolute Gasteiger partial charge is 0.227 e. The number of fused-ring (bicyclic) bond motifs is 7. The minimum atomic E-state index is -3.53. The van der Waals surface area contributed by atoms with Crippen molar-refractivity contribution in [2.45, 2.75) is 31.1 Å². The van der Waals surface area contributed by atoms with Gasteiger partial charge in [-0.25, -0.2) is 31.3 Å². The van der Waals surface area contributed by atoms with Crippen LogP contribution in [0.5, 0.6) is 5.75 Å². The largest absolute Gasteiger partial charge is 0.483 e. The van der Waals surface area contributed by atoms with Crippen LogP contribution in [0.2, 0.25) is 0 Å². The maximum Gasteiger partial charge on any atom is 0.227 e. The number of nitrogens with zero attached hydrogens (tertiary/aromatic N) is 1. The van der Waals surface area contributed by atoms with Crippen LogP contribution in [0, 0.1) is 17.5 Å². The van der Waals surface area contributed by atoms with E-state index in [1.165, 1.54) is 30.5 Å². The Morgan fingerprint density at radius 2 is 1.94 bits per heavy atom. The highest BCUT2D eigenvalue weighted by Gasteiger charge is 2.47. The molecule has 1 N–H and O–H groups in total. The van der Waals surface area contributed by atoms with Crippen LogP contribution in [-0.4, -0.2) is 32.3 Å². The van der Waals surface area contributed by atoms with Crippen LogP contribution >= 0.6 is 0 Å². The van der Waals surface area contributed by atoms with Crippen LogP contribution in [0.4, 0.5) is 13.2 Å².